The Kier molecular flexibility index (Phi) is 15.4. The van der Waals surface area contributed by atoms with Crippen LogP contribution in [0.2, 0.25) is 0 Å². The van der Waals surface area contributed by atoms with E-state index < -0.39 is 46.8 Å². The highest BCUT2D eigenvalue weighted by molar-refractivity contribution is 5.97. The van der Waals surface area contributed by atoms with E-state index in [4.69, 9.17) is 23.7 Å². The molecule has 4 saturated heterocycles. The predicted molar refractivity (Wildman–Crippen MR) is 227 cm³/mol. The molecule has 1 unspecified atom stereocenters. The number of hydrogen-bond acceptors (Lipinski definition) is 10. The largest absolute Gasteiger partial charge is 0.392 e. The van der Waals surface area contributed by atoms with Gasteiger partial charge >= 0.3 is 0 Å². The highest BCUT2D eigenvalue weighted by Gasteiger charge is 2.63. The lowest BCUT2D eigenvalue weighted by molar-refractivity contribution is -0.378. The van der Waals surface area contributed by atoms with Gasteiger partial charge in [0.05, 0.1) is 53.7 Å². The van der Waals surface area contributed by atoms with Crippen LogP contribution in [-0.4, -0.2) is 105 Å². The number of carbonyl (C=O) groups is 3. The lowest BCUT2D eigenvalue weighted by Gasteiger charge is -2.53. The number of Topliss-reactive ketones (excluding diaryl/α,β-unsaturated/α-hetero) is 1. The van der Waals surface area contributed by atoms with Crippen molar-refractivity contribution in [1.82, 2.24) is 4.90 Å². The van der Waals surface area contributed by atoms with Gasteiger partial charge in [-0.1, -0.05) is 67.5 Å². The maximum absolute atomic E-state index is 14.6. The second kappa shape index (κ2) is 19.0. The average molecular weight is 828 g/mol. The second-order valence-corrected chi connectivity index (χ2v) is 19.2. The van der Waals surface area contributed by atoms with Gasteiger partial charge < -0.3 is 38.8 Å². The molecule has 0 aliphatic carbocycles. The number of aliphatic hydroxyl groups is 2. The van der Waals surface area contributed by atoms with Gasteiger partial charge in [0.25, 0.3) is 0 Å². The molecule has 4 fully saturated rings. The first kappa shape index (κ1) is 47.8. The molecule has 11 nitrogen and oxygen atoms in total. The smallest absolute Gasteiger partial charge is 0.236 e. The van der Waals surface area contributed by atoms with Crippen molar-refractivity contribution < 1.29 is 48.3 Å². The number of aliphatic hydroxyl groups excluding tert-OH is 1. The third kappa shape index (κ3) is 9.28. The van der Waals surface area contributed by atoms with Crippen molar-refractivity contribution >= 4 is 17.5 Å². The summed E-state index contributed by atoms with van der Waals surface area (Å²) in [6.07, 6.45) is 9.85. The standard InChI is InChI=1S/C48H77NO10/c1-13-26-49(27-14-2)44(53)35(15-3)37-19-18-29(6)42(56-37)33(10)40(51)32(9)41(52)36(16-4)43-30(7)28-31(8)47(57-43)23-20-38(50)48(59-47)25-24-45(12,58-48)39-21-22-46(54,17-5)34(11)55-39/h13-14,20,23,29-37,39-40,42-43,51,54H,1-2,15-19,21-22,24-28H2,3-12H3/t29-,30+,31-,32-,33-,34+,35-,36+,37+,39-,40+,42+,43?,45+,46-,47+,48+/m1/s1. The molecule has 5 rings (SSSR count). The Morgan fingerprint density at radius 3 is 2.17 bits per heavy atom. The van der Waals surface area contributed by atoms with E-state index in [1.807, 2.05) is 41.5 Å². The summed E-state index contributed by atoms with van der Waals surface area (Å²) in [4.78, 5) is 43.8. The summed E-state index contributed by atoms with van der Waals surface area (Å²) in [5.74, 6) is -5.19. The minimum Gasteiger partial charge on any atom is -0.392 e. The van der Waals surface area contributed by atoms with Crippen molar-refractivity contribution in [1.29, 1.82) is 0 Å². The Hall–Kier alpha value is -2.25. The molecular weight excluding hydrogens is 751 g/mol. The summed E-state index contributed by atoms with van der Waals surface area (Å²) in [5, 5.41) is 23.0. The van der Waals surface area contributed by atoms with E-state index in [1.165, 1.54) is 6.08 Å². The van der Waals surface area contributed by atoms with Gasteiger partial charge in [-0.05, 0) is 95.6 Å². The van der Waals surface area contributed by atoms with Crippen molar-refractivity contribution in [2.45, 2.75) is 193 Å². The van der Waals surface area contributed by atoms with Crippen LogP contribution >= 0.6 is 0 Å². The molecule has 0 saturated carbocycles. The molecule has 0 aromatic carbocycles. The van der Waals surface area contributed by atoms with E-state index >= 15 is 0 Å². The van der Waals surface area contributed by atoms with Crippen LogP contribution in [0.1, 0.15) is 133 Å². The van der Waals surface area contributed by atoms with E-state index in [9.17, 15) is 24.6 Å². The molecule has 334 valence electrons. The first-order chi connectivity index (χ1) is 27.8. The topological polar surface area (TPSA) is 141 Å². The first-order valence-electron chi connectivity index (χ1n) is 22.9. The molecule has 1 amide bonds. The highest BCUT2D eigenvalue weighted by atomic mass is 16.8. The number of rotatable bonds is 16. The molecule has 17 atom stereocenters. The molecule has 5 heterocycles. The molecule has 0 radical (unpaired) electrons. The lowest BCUT2D eigenvalue weighted by Crippen LogP contribution is -2.62. The summed E-state index contributed by atoms with van der Waals surface area (Å²) in [5.41, 5.74) is -1.71. The second-order valence-electron chi connectivity index (χ2n) is 19.2. The minimum absolute atomic E-state index is 0.00575. The molecule has 2 spiro atoms. The number of amides is 1. The predicted octanol–water partition coefficient (Wildman–Crippen LogP) is 7.51. The van der Waals surface area contributed by atoms with Crippen LogP contribution in [0.15, 0.2) is 37.5 Å². The first-order valence-corrected chi connectivity index (χ1v) is 22.9. The van der Waals surface area contributed by atoms with Gasteiger partial charge in [0, 0.05) is 43.2 Å². The Morgan fingerprint density at radius 2 is 1.58 bits per heavy atom. The van der Waals surface area contributed by atoms with Gasteiger partial charge in [-0.3, -0.25) is 14.4 Å². The molecule has 59 heavy (non-hydrogen) atoms. The quantitative estimate of drug-likeness (QED) is 0.150. The van der Waals surface area contributed by atoms with Crippen LogP contribution < -0.4 is 0 Å². The van der Waals surface area contributed by atoms with E-state index in [2.05, 4.69) is 33.9 Å². The maximum atomic E-state index is 14.6. The highest BCUT2D eigenvalue weighted by Crippen LogP contribution is 2.53. The van der Waals surface area contributed by atoms with Crippen molar-refractivity contribution in [2.24, 2.45) is 41.4 Å². The molecular formula is C48H77NO10. The van der Waals surface area contributed by atoms with Crippen LogP contribution in [-0.2, 0) is 38.1 Å². The SMILES string of the molecule is C=CCN(CC=C)C(=O)[C@H](CC)[C@@H]1CC[C@@H](C)[C@@H]([C@H](C)[C@@H](O)[C@@H](C)C(=O)[C@H](CC)C2O[C@]3(C=CC(=O)[C@]4(CC[C@@](C)([C@H]5CC[C@](O)(CC)[C@H](C)O5)O4)O3)[C@H](C)C[C@@H]2C)O1. The van der Waals surface area contributed by atoms with Gasteiger partial charge in [0.1, 0.15) is 5.78 Å². The molecule has 5 aliphatic rings. The summed E-state index contributed by atoms with van der Waals surface area (Å²) in [6, 6.07) is 0. The van der Waals surface area contributed by atoms with Crippen LogP contribution in [0.5, 0.6) is 0 Å². The van der Waals surface area contributed by atoms with E-state index in [-0.39, 0.29) is 71.5 Å². The Bertz CT molecular complexity index is 1540. The van der Waals surface area contributed by atoms with Crippen molar-refractivity contribution in [2.75, 3.05) is 13.1 Å². The van der Waals surface area contributed by atoms with Gasteiger partial charge in [-0.2, -0.15) is 0 Å². The molecule has 0 aromatic heterocycles. The molecule has 2 N–H and O–H groups in total. The Balaban J connectivity index is 1.30. The Labute approximate surface area is 354 Å². The average Bonchev–Trinajstić information content (AvgIpc) is 3.56. The third-order valence-corrected chi connectivity index (χ3v) is 15.3. The number of hydrogen-bond donors (Lipinski definition) is 2. The molecule has 5 aliphatic heterocycles. The zero-order valence-corrected chi connectivity index (χ0v) is 37.8. The summed E-state index contributed by atoms with van der Waals surface area (Å²) >= 11 is 0. The summed E-state index contributed by atoms with van der Waals surface area (Å²) in [6.45, 7) is 28.3. The zero-order valence-electron chi connectivity index (χ0n) is 37.8. The van der Waals surface area contributed by atoms with Gasteiger partial charge in [-0.15, -0.1) is 13.2 Å². The molecule has 0 bridgehead atoms. The summed E-state index contributed by atoms with van der Waals surface area (Å²) < 4.78 is 33.7. The zero-order chi connectivity index (χ0) is 43.7. The molecule has 0 aromatic rings. The normalized spacial score (nSPS) is 41.3. The van der Waals surface area contributed by atoms with Crippen molar-refractivity contribution in [3.05, 3.63) is 37.5 Å². The monoisotopic (exact) mass is 828 g/mol. The van der Waals surface area contributed by atoms with Crippen LogP contribution in [0.25, 0.3) is 0 Å². The van der Waals surface area contributed by atoms with E-state index in [1.54, 1.807) is 30.1 Å². The maximum Gasteiger partial charge on any atom is 0.236 e. The number of ether oxygens (including phenoxy) is 5. The van der Waals surface area contributed by atoms with Gasteiger partial charge in [-0.25, -0.2) is 0 Å². The van der Waals surface area contributed by atoms with E-state index in [0.29, 0.717) is 64.5 Å². The van der Waals surface area contributed by atoms with Crippen LogP contribution in [0.4, 0.5) is 0 Å². The summed E-state index contributed by atoms with van der Waals surface area (Å²) in [7, 11) is 0. The van der Waals surface area contributed by atoms with Crippen LogP contribution in [0.3, 0.4) is 0 Å². The fourth-order valence-electron chi connectivity index (χ4n) is 11.2. The van der Waals surface area contributed by atoms with Gasteiger partial charge in [0.15, 0.2) is 5.79 Å². The fraction of sp³-hybridized carbons (Fsp3) is 0.812. The third-order valence-electron chi connectivity index (χ3n) is 15.3. The minimum atomic E-state index is -1.57. The van der Waals surface area contributed by atoms with E-state index in [0.717, 1.165) is 12.8 Å². The Morgan fingerprint density at radius 1 is 0.915 bits per heavy atom. The van der Waals surface area contributed by atoms with Crippen LogP contribution in [0, 0.1) is 41.4 Å². The number of nitrogens with zero attached hydrogens (tertiary/aromatic N) is 1. The fourth-order valence-corrected chi connectivity index (χ4v) is 11.2. The number of ketones is 2. The van der Waals surface area contributed by atoms with Crippen molar-refractivity contribution in [3.63, 3.8) is 0 Å². The molecule has 11 heteroatoms. The van der Waals surface area contributed by atoms with Crippen molar-refractivity contribution in [3.8, 4) is 0 Å². The number of carbonyl (C=O) groups excluding carboxylic acids is 3. The van der Waals surface area contributed by atoms with Gasteiger partial charge in [0.2, 0.25) is 17.5 Å². The lowest BCUT2D eigenvalue weighted by atomic mass is 9.72.